The van der Waals surface area contributed by atoms with E-state index in [-0.39, 0.29) is 18.2 Å². The molecule has 3 heterocycles. The molecule has 7 heteroatoms. The van der Waals surface area contributed by atoms with Crippen LogP contribution in [0.15, 0.2) is 6.20 Å². The molecule has 2 atom stereocenters. The summed E-state index contributed by atoms with van der Waals surface area (Å²) < 4.78 is 5.45. The highest BCUT2D eigenvalue weighted by Gasteiger charge is 2.47. The van der Waals surface area contributed by atoms with Crippen LogP contribution in [0, 0.1) is 11.3 Å². The van der Waals surface area contributed by atoms with Gasteiger partial charge in [-0.15, -0.1) is 0 Å². The van der Waals surface area contributed by atoms with Crippen LogP contribution in [-0.2, 0) is 4.74 Å². The summed E-state index contributed by atoms with van der Waals surface area (Å²) in [4.78, 5) is 21.1. The standard InChI is InChI=1S/C14H18N4O2S.C2H6/c1-14(2,3)20-13(19)18-8-9-4-10(18)7-17(9)12-16-6-11(5-15)21-12;1-2/h6,9-10H,4,7-8H2,1-3H3;1-2H3. The Hall–Kier alpha value is -1.81. The lowest BCUT2D eigenvalue weighted by Gasteiger charge is -2.35. The molecule has 0 saturated carbocycles. The van der Waals surface area contributed by atoms with Crippen molar-refractivity contribution in [3.63, 3.8) is 0 Å². The van der Waals surface area contributed by atoms with Gasteiger partial charge in [-0.05, 0) is 27.2 Å². The predicted octanol–water partition coefficient (Wildman–Crippen LogP) is 3.24. The highest BCUT2D eigenvalue weighted by Crippen LogP contribution is 2.36. The number of thiazole rings is 1. The number of aromatic nitrogens is 1. The molecule has 1 amide bonds. The van der Waals surface area contributed by atoms with Crippen molar-refractivity contribution in [2.75, 3.05) is 18.0 Å². The van der Waals surface area contributed by atoms with Gasteiger partial charge in [-0.1, -0.05) is 25.2 Å². The first kappa shape index (κ1) is 17.5. The quantitative estimate of drug-likeness (QED) is 0.787. The maximum absolute atomic E-state index is 12.2. The number of carbonyl (C=O) groups excluding carboxylic acids is 1. The SMILES string of the molecule is CC.CC(C)(C)OC(=O)N1CC2CC1CN2c1ncc(C#N)s1. The third kappa shape index (κ3) is 3.75. The summed E-state index contributed by atoms with van der Waals surface area (Å²) in [6, 6.07) is 2.57. The molecule has 2 fully saturated rings. The van der Waals surface area contributed by atoms with Gasteiger partial charge in [0.05, 0.1) is 18.3 Å². The molecule has 3 rings (SSSR count). The highest BCUT2D eigenvalue weighted by atomic mass is 32.1. The van der Waals surface area contributed by atoms with Crippen molar-refractivity contribution in [1.82, 2.24) is 9.88 Å². The van der Waals surface area contributed by atoms with Crippen molar-refractivity contribution in [1.29, 1.82) is 5.26 Å². The smallest absolute Gasteiger partial charge is 0.410 e. The number of hydrogen-bond donors (Lipinski definition) is 0. The van der Waals surface area contributed by atoms with Crippen molar-refractivity contribution in [2.45, 2.75) is 58.7 Å². The van der Waals surface area contributed by atoms with Crippen LogP contribution in [-0.4, -0.2) is 46.8 Å². The van der Waals surface area contributed by atoms with Crippen LogP contribution < -0.4 is 4.90 Å². The van der Waals surface area contributed by atoms with E-state index in [1.807, 2.05) is 39.5 Å². The van der Waals surface area contributed by atoms with Crippen LogP contribution >= 0.6 is 11.3 Å². The molecule has 0 N–H and O–H groups in total. The van der Waals surface area contributed by atoms with E-state index in [1.54, 1.807) is 6.20 Å². The van der Waals surface area contributed by atoms with Gasteiger partial charge in [0.15, 0.2) is 5.13 Å². The van der Waals surface area contributed by atoms with Gasteiger partial charge in [-0.2, -0.15) is 5.26 Å². The van der Waals surface area contributed by atoms with E-state index in [4.69, 9.17) is 10.00 Å². The van der Waals surface area contributed by atoms with Gasteiger partial charge in [0.1, 0.15) is 16.5 Å². The fraction of sp³-hybridized carbons (Fsp3) is 0.688. The monoisotopic (exact) mass is 336 g/mol. The van der Waals surface area contributed by atoms with Gasteiger partial charge >= 0.3 is 6.09 Å². The van der Waals surface area contributed by atoms with Crippen molar-refractivity contribution >= 4 is 22.6 Å². The minimum Gasteiger partial charge on any atom is -0.444 e. The molecular weight excluding hydrogens is 312 g/mol. The molecule has 0 aromatic carbocycles. The number of amides is 1. The maximum atomic E-state index is 12.2. The lowest BCUT2D eigenvalue weighted by atomic mass is 10.2. The molecular formula is C16H24N4O2S. The van der Waals surface area contributed by atoms with Gasteiger partial charge in [-0.3, -0.25) is 0 Å². The van der Waals surface area contributed by atoms with Gasteiger partial charge in [0, 0.05) is 13.1 Å². The predicted molar refractivity (Wildman–Crippen MR) is 90.7 cm³/mol. The molecule has 2 aliphatic rings. The van der Waals surface area contributed by atoms with Crippen LogP contribution in [0.3, 0.4) is 0 Å². The fourth-order valence-electron chi connectivity index (χ4n) is 2.89. The second kappa shape index (κ2) is 6.75. The molecule has 6 nitrogen and oxygen atoms in total. The highest BCUT2D eigenvalue weighted by molar-refractivity contribution is 7.16. The number of likely N-dealkylation sites (tertiary alicyclic amines) is 1. The average Bonchev–Trinajstić information content (AvgIpc) is 3.21. The van der Waals surface area contributed by atoms with Crippen LogP contribution in [0.25, 0.3) is 0 Å². The maximum Gasteiger partial charge on any atom is 0.410 e. The van der Waals surface area contributed by atoms with Crippen molar-refractivity contribution in [3.05, 3.63) is 11.1 Å². The van der Waals surface area contributed by atoms with Crippen molar-refractivity contribution in [3.8, 4) is 6.07 Å². The number of carbonyl (C=O) groups is 1. The minimum absolute atomic E-state index is 0.180. The molecule has 2 unspecified atom stereocenters. The molecule has 0 spiro atoms. The lowest BCUT2D eigenvalue weighted by Crippen LogP contribution is -2.50. The van der Waals surface area contributed by atoms with E-state index in [2.05, 4.69) is 16.0 Å². The molecule has 23 heavy (non-hydrogen) atoms. The number of piperazine rings is 1. The Morgan fingerprint density at radius 2 is 2.09 bits per heavy atom. The molecule has 2 aliphatic heterocycles. The first-order valence-electron chi connectivity index (χ1n) is 7.99. The Kier molecular flexibility index (Phi) is 5.15. The summed E-state index contributed by atoms with van der Waals surface area (Å²) in [5.74, 6) is 0. The molecule has 1 aromatic heterocycles. The van der Waals surface area contributed by atoms with E-state index >= 15 is 0 Å². The zero-order chi connectivity index (χ0) is 17.2. The number of ether oxygens (including phenoxy) is 1. The number of fused-ring (bicyclic) bond motifs is 2. The largest absolute Gasteiger partial charge is 0.444 e. The Morgan fingerprint density at radius 1 is 1.39 bits per heavy atom. The zero-order valence-electron chi connectivity index (χ0n) is 14.4. The van der Waals surface area contributed by atoms with Crippen molar-refractivity contribution in [2.24, 2.45) is 0 Å². The molecule has 0 aliphatic carbocycles. The second-order valence-corrected chi connectivity index (χ2v) is 7.46. The second-order valence-electron chi connectivity index (χ2n) is 6.45. The Balaban J connectivity index is 0.000000924. The number of rotatable bonds is 1. The summed E-state index contributed by atoms with van der Waals surface area (Å²) in [7, 11) is 0. The van der Waals surface area contributed by atoms with Gasteiger partial charge in [0.2, 0.25) is 0 Å². The summed E-state index contributed by atoms with van der Waals surface area (Å²) >= 11 is 1.41. The first-order valence-corrected chi connectivity index (χ1v) is 8.81. The van der Waals surface area contributed by atoms with E-state index in [9.17, 15) is 4.79 Å². The van der Waals surface area contributed by atoms with E-state index < -0.39 is 5.60 Å². The Morgan fingerprint density at radius 3 is 2.57 bits per heavy atom. The molecule has 1 aromatic rings. The van der Waals surface area contributed by atoms with E-state index in [1.165, 1.54) is 11.3 Å². The summed E-state index contributed by atoms with van der Waals surface area (Å²) in [6.45, 7) is 11.1. The third-order valence-corrected chi connectivity index (χ3v) is 4.66. The van der Waals surface area contributed by atoms with Crippen molar-refractivity contribution < 1.29 is 9.53 Å². The van der Waals surface area contributed by atoms with Crippen LogP contribution in [0.2, 0.25) is 0 Å². The first-order chi connectivity index (χ1) is 10.9. The fourth-order valence-corrected chi connectivity index (χ4v) is 3.69. The third-order valence-electron chi connectivity index (χ3n) is 3.72. The van der Waals surface area contributed by atoms with Crippen LogP contribution in [0.5, 0.6) is 0 Å². The zero-order valence-corrected chi connectivity index (χ0v) is 15.2. The molecule has 0 radical (unpaired) electrons. The Labute approximate surface area is 141 Å². The number of nitrogens with zero attached hydrogens (tertiary/aromatic N) is 4. The lowest BCUT2D eigenvalue weighted by molar-refractivity contribution is 0.0215. The molecule has 126 valence electrons. The normalized spacial score (nSPS) is 22.4. The van der Waals surface area contributed by atoms with E-state index in [0.29, 0.717) is 11.4 Å². The Bertz CT molecular complexity index is 602. The van der Waals surface area contributed by atoms with Crippen LogP contribution in [0.4, 0.5) is 9.93 Å². The van der Waals surface area contributed by atoms with Crippen LogP contribution in [0.1, 0.15) is 45.9 Å². The van der Waals surface area contributed by atoms with Gasteiger partial charge in [-0.25, -0.2) is 9.78 Å². The van der Waals surface area contributed by atoms with Gasteiger partial charge in [0.25, 0.3) is 0 Å². The summed E-state index contributed by atoms with van der Waals surface area (Å²) in [5, 5.41) is 9.76. The molecule has 2 bridgehead atoms. The summed E-state index contributed by atoms with van der Waals surface area (Å²) in [5.41, 5.74) is -0.463. The number of hydrogen-bond acceptors (Lipinski definition) is 6. The van der Waals surface area contributed by atoms with E-state index in [0.717, 1.165) is 18.1 Å². The average molecular weight is 336 g/mol. The van der Waals surface area contributed by atoms with Gasteiger partial charge < -0.3 is 14.5 Å². The number of anilines is 1. The topological polar surface area (TPSA) is 69.5 Å². The molecule has 2 saturated heterocycles. The summed E-state index contributed by atoms with van der Waals surface area (Å²) in [6.07, 6.45) is 2.32. The number of nitriles is 1. The minimum atomic E-state index is -0.463.